The Morgan fingerprint density at radius 1 is 1.03 bits per heavy atom. The van der Waals surface area contributed by atoms with Crippen molar-refractivity contribution in [3.05, 3.63) is 94.8 Å². The summed E-state index contributed by atoms with van der Waals surface area (Å²) in [5.41, 5.74) is 0.635. The van der Waals surface area contributed by atoms with Crippen molar-refractivity contribution in [2.24, 2.45) is 0 Å². The van der Waals surface area contributed by atoms with Crippen molar-refractivity contribution < 1.29 is 38.1 Å². The number of hydrogen-bond acceptors (Lipinski definition) is 6. The highest BCUT2D eigenvalue weighted by atomic mass is 19.1. The van der Waals surface area contributed by atoms with Gasteiger partial charge in [-0.25, -0.2) is 18.9 Å². The lowest BCUT2D eigenvalue weighted by Gasteiger charge is -2.26. The molecule has 0 bridgehead atoms. The highest BCUT2D eigenvalue weighted by Gasteiger charge is 2.38. The number of benzene rings is 3. The third-order valence-electron chi connectivity index (χ3n) is 5.29. The quantitative estimate of drug-likeness (QED) is 0.382. The fraction of sp³-hybridized carbons (Fsp3) is 0.0769. The van der Waals surface area contributed by atoms with Crippen molar-refractivity contribution >= 4 is 35.6 Å². The second-order valence-corrected chi connectivity index (χ2v) is 7.61. The number of barbiturate groups is 1. The smallest absolute Gasteiger partial charge is 0.336 e. The molecule has 182 valence electrons. The number of hydrogen-bond donors (Lipinski definition) is 2. The van der Waals surface area contributed by atoms with Crippen LogP contribution in [0, 0.1) is 5.82 Å². The number of nitrogens with zero attached hydrogens (tertiary/aromatic N) is 1. The highest BCUT2D eigenvalue weighted by molar-refractivity contribution is 6.39. The first-order chi connectivity index (χ1) is 17.3. The van der Waals surface area contributed by atoms with E-state index in [1.165, 1.54) is 49.6 Å². The maximum Gasteiger partial charge on any atom is 0.336 e. The molecule has 10 heteroatoms. The summed E-state index contributed by atoms with van der Waals surface area (Å²) < 4.78 is 25.4. The first-order valence-electron chi connectivity index (χ1n) is 10.6. The number of methoxy groups -OCH3 is 1. The molecule has 2 N–H and O–H groups in total. The minimum absolute atomic E-state index is 0.136. The van der Waals surface area contributed by atoms with Crippen LogP contribution in [0.2, 0.25) is 0 Å². The van der Waals surface area contributed by atoms with Crippen LogP contribution in [0.4, 0.5) is 14.9 Å². The molecular weight excluding hydrogens is 471 g/mol. The van der Waals surface area contributed by atoms with Crippen molar-refractivity contribution in [2.75, 3.05) is 12.0 Å². The van der Waals surface area contributed by atoms with Crippen LogP contribution < -0.4 is 19.7 Å². The molecule has 9 nitrogen and oxygen atoms in total. The molecule has 0 aliphatic carbocycles. The predicted molar refractivity (Wildman–Crippen MR) is 126 cm³/mol. The summed E-state index contributed by atoms with van der Waals surface area (Å²) in [7, 11) is 1.41. The van der Waals surface area contributed by atoms with Gasteiger partial charge in [-0.2, -0.15) is 0 Å². The van der Waals surface area contributed by atoms with Gasteiger partial charge in [-0.15, -0.1) is 0 Å². The molecule has 4 rings (SSSR count). The number of aromatic carboxylic acids is 1. The van der Waals surface area contributed by atoms with Gasteiger partial charge < -0.3 is 14.6 Å². The zero-order valence-corrected chi connectivity index (χ0v) is 18.9. The zero-order valence-electron chi connectivity index (χ0n) is 18.9. The number of para-hydroxylation sites is 1. The molecule has 3 aromatic rings. The zero-order chi connectivity index (χ0) is 25.8. The van der Waals surface area contributed by atoms with Gasteiger partial charge in [-0.1, -0.05) is 30.3 Å². The Morgan fingerprint density at radius 3 is 2.42 bits per heavy atom. The van der Waals surface area contributed by atoms with E-state index in [2.05, 4.69) is 0 Å². The van der Waals surface area contributed by atoms with Crippen LogP contribution in [0.25, 0.3) is 6.08 Å². The number of carboxylic acid groups (broad SMARTS) is 1. The van der Waals surface area contributed by atoms with Crippen molar-refractivity contribution in [1.82, 2.24) is 5.32 Å². The van der Waals surface area contributed by atoms with Crippen LogP contribution in [-0.4, -0.2) is 36.0 Å². The number of carbonyl (C=O) groups is 4. The second kappa shape index (κ2) is 10.1. The molecule has 0 unspecified atom stereocenters. The lowest BCUT2D eigenvalue weighted by atomic mass is 10.1. The molecule has 1 aliphatic heterocycles. The van der Waals surface area contributed by atoms with E-state index < -0.39 is 29.6 Å². The Bertz CT molecular complexity index is 1400. The average Bonchev–Trinajstić information content (AvgIpc) is 2.86. The summed E-state index contributed by atoms with van der Waals surface area (Å²) in [5, 5.41) is 11.0. The number of ether oxygens (including phenoxy) is 2. The minimum atomic E-state index is -1.05. The normalized spacial score (nSPS) is 14.6. The monoisotopic (exact) mass is 490 g/mol. The number of nitrogens with one attached hydrogen (secondary N) is 1. The number of carbonyl (C=O) groups excluding carboxylic acids is 3. The van der Waals surface area contributed by atoms with Gasteiger partial charge in [-0.05, 0) is 53.6 Å². The standard InChI is InChI=1S/C26H19FN2O7/c1-35-22-13-16(8-11-21(22)36-14-15-6-9-17(10-7-15)25(32)33)12-18-23(30)28-26(34)29(24(18)31)20-5-3-2-4-19(20)27/h2-13H,14H2,1H3,(H,32,33)(H,28,30,34). The molecule has 0 aromatic heterocycles. The van der Waals surface area contributed by atoms with Gasteiger partial charge in [0.15, 0.2) is 11.5 Å². The van der Waals surface area contributed by atoms with Crippen LogP contribution >= 0.6 is 0 Å². The number of amides is 4. The molecule has 1 saturated heterocycles. The predicted octanol–water partition coefficient (Wildman–Crippen LogP) is 3.78. The van der Waals surface area contributed by atoms with E-state index in [-0.39, 0.29) is 23.4 Å². The Balaban J connectivity index is 1.57. The minimum Gasteiger partial charge on any atom is -0.493 e. The first kappa shape index (κ1) is 24.1. The molecule has 0 spiro atoms. The number of urea groups is 1. The van der Waals surface area contributed by atoms with Crippen molar-refractivity contribution in [2.45, 2.75) is 6.61 Å². The summed E-state index contributed by atoms with van der Waals surface area (Å²) in [5.74, 6) is -3.04. The van der Waals surface area contributed by atoms with E-state index in [0.717, 1.165) is 11.6 Å². The average molecular weight is 490 g/mol. The van der Waals surface area contributed by atoms with Gasteiger partial charge in [-0.3, -0.25) is 14.9 Å². The van der Waals surface area contributed by atoms with Crippen molar-refractivity contribution in [1.29, 1.82) is 0 Å². The van der Waals surface area contributed by atoms with E-state index in [1.807, 2.05) is 5.32 Å². The fourth-order valence-corrected chi connectivity index (χ4v) is 3.47. The first-order valence-corrected chi connectivity index (χ1v) is 10.6. The lowest BCUT2D eigenvalue weighted by molar-refractivity contribution is -0.122. The van der Waals surface area contributed by atoms with Gasteiger partial charge in [0.1, 0.15) is 18.0 Å². The van der Waals surface area contributed by atoms with Crippen LogP contribution in [-0.2, 0) is 16.2 Å². The van der Waals surface area contributed by atoms with Gasteiger partial charge in [0.25, 0.3) is 11.8 Å². The topological polar surface area (TPSA) is 122 Å². The summed E-state index contributed by atoms with van der Waals surface area (Å²) in [6, 6.07) is 15.0. The summed E-state index contributed by atoms with van der Waals surface area (Å²) >= 11 is 0. The molecule has 0 radical (unpaired) electrons. The van der Waals surface area contributed by atoms with E-state index in [0.29, 0.717) is 22.0 Å². The number of carboxylic acids is 1. The van der Waals surface area contributed by atoms with Crippen LogP contribution in [0.3, 0.4) is 0 Å². The van der Waals surface area contributed by atoms with E-state index in [9.17, 15) is 23.6 Å². The fourth-order valence-electron chi connectivity index (χ4n) is 3.47. The van der Waals surface area contributed by atoms with Gasteiger partial charge in [0.05, 0.1) is 18.4 Å². The van der Waals surface area contributed by atoms with E-state index >= 15 is 0 Å². The van der Waals surface area contributed by atoms with E-state index in [4.69, 9.17) is 14.6 Å². The summed E-state index contributed by atoms with van der Waals surface area (Å²) in [6.07, 6.45) is 1.26. The van der Waals surface area contributed by atoms with Crippen molar-refractivity contribution in [3.8, 4) is 11.5 Å². The third kappa shape index (κ3) is 4.92. The molecular formula is C26H19FN2O7. The molecule has 0 saturated carbocycles. The summed E-state index contributed by atoms with van der Waals surface area (Å²) in [4.78, 5) is 49.2. The lowest BCUT2D eigenvalue weighted by Crippen LogP contribution is -2.54. The molecule has 3 aromatic carbocycles. The number of anilines is 1. The molecule has 36 heavy (non-hydrogen) atoms. The molecule has 1 aliphatic rings. The second-order valence-electron chi connectivity index (χ2n) is 7.61. The SMILES string of the molecule is COc1cc(C=C2C(=O)NC(=O)N(c3ccccc3F)C2=O)ccc1OCc1ccc(C(=O)O)cc1. The van der Waals surface area contributed by atoms with Crippen molar-refractivity contribution in [3.63, 3.8) is 0 Å². The van der Waals surface area contributed by atoms with Gasteiger partial charge in [0, 0.05) is 0 Å². The van der Waals surface area contributed by atoms with Gasteiger partial charge >= 0.3 is 12.0 Å². The molecule has 0 atom stereocenters. The Morgan fingerprint density at radius 2 is 1.75 bits per heavy atom. The Kier molecular flexibility index (Phi) is 6.77. The number of rotatable bonds is 7. The van der Waals surface area contributed by atoms with Crippen LogP contribution in [0.1, 0.15) is 21.5 Å². The largest absolute Gasteiger partial charge is 0.493 e. The maximum absolute atomic E-state index is 14.2. The summed E-state index contributed by atoms with van der Waals surface area (Å²) in [6.45, 7) is 0.136. The molecule has 1 heterocycles. The maximum atomic E-state index is 14.2. The molecule has 1 fully saturated rings. The van der Waals surface area contributed by atoms with Gasteiger partial charge in [0.2, 0.25) is 0 Å². The van der Waals surface area contributed by atoms with Crippen LogP contribution in [0.5, 0.6) is 11.5 Å². The van der Waals surface area contributed by atoms with E-state index in [1.54, 1.807) is 24.3 Å². The Labute approximate surface area is 204 Å². The van der Waals surface area contributed by atoms with Crippen LogP contribution in [0.15, 0.2) is 72.3 Å². The number of halogens is 1. The molecule has 4 amide bonds. The number of imide groups is 2. The Hall–Kier alpha value is -4.99. The highest BCUT2D eigenvalue weighted by Crippen LogP contribution is 2.31. The third-order valence-corrected chi connectivity index (χ3v) is 5.29.